The van der Waals surface area contributed by atoms with E-state index in [0.717, 1.165) is 18.4 Å². The molecule has 1 unspecified atom stereocenters. The standard InChI is InChI=1S/C29H28N2O7/c1-18-8-11-25(26(13-18)35-2)37-17-27(32)30-19-5-3-6-20(14-19)38-21-9-10-23-24(15-21)29(34)31(28(23)33)16-22-7-4-12-36-22/h3,5-6,8-11,13-15,22H,4,7,12,16-17H2,1-2H3,(H,30,32). The number of hydrogen-bond acceptors (Lipinski definition) is 7. The molecule has 2 heterocycles. The summed E-state index contributed by atoms with van der Waals surface area (Å²) in [6.45, 7) is 2.65. The summed E-state index contributed by atoms with van der Waals surface area (Å²) in [5, 5.41) is 2.78. The third kappa shape index (κ3) is 5.47. The minimum Gasteiger partial charge on any atom is -0.493 e. The van der Waals surface area contributed by atoms with Crippen molar-refractivity contribution in [2.75, 3.05) is 32.2 Å². The van der Waals surface area contributed by atoms with E-state index in [1.807, 2.05) is 19.1 Å². The highest BCUT2D eigenvalue weighted by Gasteiger charge is 2.37. The van der Waals surface area contributed by atoms with Crippen LogP contribution in [0.5, 0.6) is 23.0 Å². The summed E-state index contributed by atoms with van der Waals surface area (Å²) in [5.74, 6) is 0.873. The van der Waals surface area contributed by atoms with Gasteiger partial charge >= 0.3 is 0 Å². The van der Waals surface area contributed by atoms with Gasteiger partial charge in [0.2, 0.25) is 0 Å². The molecule has 0 radical (unpaired) electrons. The van der Waals surface area contributed by atoms with Crippen LogP contribution in [0.3, 0.4) is 0 Å². The number of nitrogens with one attached hydrogen (secondary N) is 1. The quantitative estimate of drug-likeness (QED) is 0.415. The highest BCUT2D eigenvalue weighted by molar-refractivity contribution is 6.21. The van der Waals surface area contributed by atoms with E-state index in [1.165, 1.54) is 4.90 Å². The Morgan fingerprint density at radius 2 is 1.82 bits per heavy atom. The maximum Gasteiger partial charge on any atom is 0.262 e. The van der Waals surface area contributed by atoms with Crippen LogP contribution in [0.2, 0.25) is 0 Å². The maximum absolute atomic E-state index is 12.9. The van der Waals surface area contributed by atoms with Gasteiger partial charge < -0.3 is 24.3 Å². The third-order valence-electron chi connectivity index (χ3n) is 6.38. The first-order valence-corrected chi connectivity index (χ1v) is 12.4. The predicted octanol–water partition coefficient (Wildman–Crippen LogP) is 4.59. The van der Waals surface area contributed by atoms with Crippen LogP contribution in [0.25, 0.3) is 0 Å². The lowest BCUT2D eigenvalue weighted by Gasteiger charge is -2.17. The van der Waals surface area contributed by atoms with E-state index in [9.17, 15) is 14.4 Å². The van der Waals surface area contributed by atoms with Crippen molar-refractivity contribution in [2.24, 2.45) is 0 Å². The number of aryl methyl sites for hydroxylation is 1. The zero-order valence-electron chi connectivity index (χ0n) is 21.2. The third-order valence-corrected chi connectivity index (χ3v) is 6.38. The largest absolute Gasteiger partial charge is 0.493 e. The van der Waals surface area contributed by atoms with Gasteiger partial charge in [0.1, 0.15) is 11.5 Å². The van der Waals surface area contributed by atoms with E-state index >= 15 is 0 Å². The molecule has 3 aromatic carbocycles. The summed E-state index contributed by atoms with van der Waals surface area (Å²) < 4.78 is 22.5. The SMILES string of the molecule is COc1cc(C)ccc1OCC(=O)Nc1cccc(Oc2ccc3c(c2)C(=O)N(CC2CCCO2)C3=O)c1. The van der Waals surface area contributed by atoms with Crippen LogP contribution >= 0.6 is 0 Å². The molecule has 1 N–H and O–H groups in total. The van der Waals surface area contributed by atoms with Crippen molar-refractivity contribution in [1.29, 1.82) is 0 Å². The molecule has 2 aliphatic rings. The number of benzene rings is 3. The average molecular weight is 517 g/mol. The molecule has 3 amide bonds. The highest BCUT2D eigenvalue weighted by atomic mass is 16.5. The summed E-state index contributed by atoms with van der Waals surface area (Å²) in [4.78, 5) is 39.4. The summed E-state index contributed by atoms with van der Waals surface area (Å²) >= 11 is 0. The average Bonchev–Trinajstić information content (AvgIpc) is 3.51. The second-order valence-corrected chi connectivity index (χ2v) is 9.18. The van der Waals surface area contributed by atoms with Crippen molar-refractivity contribution in [3.05, 3.63) is 77.4 Å². The normalized spacial score (nSPS) is 16.4. The molecule has 2 aliphatic heterocycles. The first-order chi connectivity index (χ1) is 18.4. The molecular formula is C29H28N2O7. The molecule has 1 atom stereocenters. The number of carbonyl (C=O) groups excluding carboxylic acids is 3. The number of ether oxygens (including phenoxy) is 4. The first-order valence-electron chi connectivity index (χ1n) is 12.4. The Hall–Kier alpha value is -4.37. The number of fused-ring (bicyclic) bond motifs is 1. The molecule has 0 aromatic heterocycles. The van der Waals surface area contributed by atoms with Gasteiger partial charge in [-0.2, -0.15) is 0 Å². The van der Waals surface area contributed by atoms with Crippen LogP contribution in [0.15, 0.2) is 60.7 Å². The summed E-state index contributed by atoms with van der Waals surface area (Å²) in [5.41, 5.74) is 2.19. The van der Waals surface area contributed by atoms with Gasteiger partial charge in [0.15, 0.2) is 18.1 Å². The molecule has 0 bridgehead atoms. The Labute approximate surface area is 220 Å². The summed E-state index contributed by atoms with van der Waals surface area (Å²) in [6.07, 6.45) is 1.65. The van der Waals surface area contributed by atoms with Crippen molar-refractivity contribution in [3.8, 4) is 23.0 Å². The van der Waals surface area contributed by atoms with Crippen LogP contribution in [-0.4, -0.2) is 55.6 Å². The van der Waals surface area contributed by atoms with E-state index in [-0.39, 0.29) is 37.0 Å². The second kappa shape index (κ2) is 10.9. The van der Waals surface area contributed by atoms with Gasteiger partial charge in [-0.25, -0.2) is 0 Å². The van der Waals surface area contributed by atoms with E-state index in [0.29, 0.717) is 46.4 Å². The number of nitrogens with zero attached hydrogens (tertiary/aromatic N) is 1. The molecule has 1 saturated heterocycles. The van der Waals surface area contributed by atoms with Gasteiger partial charge in [-0.3, -0.25) is 19.3 Å². The Morgan fingerprint density at radius 1 is 1.00 bits per heavy atom. The predicted molar refractivity (Wildman–Crippen MR) is 139 cm³/mol. The highest BCUT2D eigenvalue weighted by Crippen LogP contribution is 2.31. The molecule has 5 rings (SSSR count). The fraction of sp³-hybridized carbons (Fsp3) is 0.276. The van der Waals surface area contributed by atoms with E-state index < -0.39 is 0 Å². The lowest BCUT2D eigenvalue weighted by molar-refractivity contribution is -0.118. The number of rotatable bonds is 9. The molecule has 9 nitrogen and oxygen atoms in total. The number of hydrogen-bond donors (Lipinski definition) is 1. The molecule has 0 saturated carbocycles. The van der Waals surface area contributed by atoms with Crippen LogP contribution in [0, 0.1) is 6.92 Å². The molecule has 0 aliphatic carbocycles. The molecule has 1 fully saturated rings. The zero-order valence-corrected chi connectivity index (χ0v) is 21.2. The van der Waals surface area contributed by atoms with Crippen molar-refractivity contribution in [1.82, 2.24) is 4.90 Å². The van der Waals surface area contributed by atoms with Crippen LogP contribution in [0.1, 0.15) is 39.1 Å². The fourth-order valence-electron chi connectivity index (χ4n) is 4.50. The zero-order chi connectivity index (χ0) is 26.6. The molecular weight excluding hydrogens is 488 g/mol. The van der Waals surface area contributed by atoms with E-state index in [1.54, 1.807) is 55.6 Å². The summed E-state index contributed by atoms with van der Waals surface area (Å²) in [7, 11) is 1.55. The molecule has 0 spiro atoms. The van der Waals surface area contributed by atoms with Gasteiger partial charge in [-0.15, -0.1) is 0 Å². The lowest BCUT2D eigenvalue weighted by atomic mass is 10.1. The lowest BCUT2D eigenvalue weighted by Crippen LogP contribution is -2.36. The fourth-order valence-corrected chi connectivity index (χ4v) is 4.50. The van der Waals surface area contributed by atoms with Crippen molar-refractivity contribution >= 4 is 23.4 Å². The molecule has 196 valence electrons. The topological polar surface area (TPSA) is 103 Å². The van der Waals surface area contributed by atoms with Gasteiger partial charge in [-0.1, -0.05) is 12.1 Å². The van der Waals surface area contributed by atoms with Crippen LogP contribution in [-0.2, 0) is 9.53 Å². The number of anilines is 1. The van der Waals surface area contributed by atoms with Crippen LogP contribution < -0.4 is 19.5 Å². The van der Waals surface area contributed by atoms with Gasteiger partial charge in [0.25, 0.3) is 17.7 Å². The van der Waals surface area contributed by atoms with Gasteiger partial charge in [0.05, 0.1) is 30.9 Å². The van der Waals surface area contributed by atoms with E-state index in [4.69, 9.17) is 18.9 Å². The molecule has 9 heteroatoms. The van der Waals surface area contributed by atoms with Crippen molar-refractivity contribution in [3.63, 3.8) is 0 Å². The number of carbonyl (C=O) groups is 3. The number of methoxy groups -OCH3 is 1. The Bertz CT molecular complexity index is 1380. The van der Waals surface area contributed by atoms with Gasteiger partial charge in [-0.05, 0) is 67.8 Å². The van der Waals surface area contributed by atoms with Crippen molar-refractivity contribution < 1.29 is 33.3 Å². The molecule has 38 heavy (non-hydrogen) atoms. The smallest absolute Gasteiger partial charge is 0.262 e. The Kier molecular flexibility index (Phi) is 7.28. The number of amides is 3. The Balaban J connectivity index is 1.21. The minimum absolute atomic E-state index is 0.116. The molecule has 3 aromatic rings. The van der Waals surface area contributed by atoms with Crippen molar-refractivity contribution in [2.45, 2.75) is 25.9 Å². The van der Waals surface area contributed by atoms with Gasteiger partial charge in [0, 0.05) is 18.4 Å². The van der Waals surface area contributed by atoms with E-state index in [2.05, 4.69) is 5.32 Å². The first kappa shape index (κ1) is 25.3. The second-order valence-electron chi connectivity index (χ2n) is 9.18. The summed E-state index contributed by atoms with van der Waals surface area (Å²) in [6, 6.07) is 17.1. The maximum atomic E-state index is 12.9. The number of imide groups is 1. The minimum atomic E-state index is -0.350. The van der Waals surface area contributed by atoms with Crippen LogP contribution in [0.4, 0.5) is 5.69 Å². The monoisotopic (exact) mass is 516 g/mol. The Morgan fingerprint density at radius 3 is 2.61 bits per heavy atom.